The third-order valence-electron chi connectivity index (χ3n) is 1.58. The van der Waals surface area contributed by atoms with Crippen molar-refractivity contribution < 1.29 is 0 Å². The van der Waals surface area contributed by atoms with Gasteiger partial charge in [-0.2, -0.15) is 0 Å². The van der Waals surface area contributed by atoms with Crippen LogP contribution in [-0.2, 0) is 0 Å². The minimum atomic E-state index is 1.03. The normalized spacial score (nSPS) is 8.60. The Morgan fingerprint density at radius 1 is 1.20 bits per heavy atom. The zero-order valence-electron chi connectivity index (χ0n) is 10.5. The van der Waals surface area contributed by atoms with Crippen molar-refractivity contribution in [1.29, 1.82) is 0 Å². The van der Waals surface area contributed by atoms with Crippen molar-refractivity contribution in [3.63, 3.8) is 0 Å². The minimum Gasteiger partial charge on any atom is -0.345 e. The first kappa shape index (κ1) is 13.7. The van der Waals surface area contributed by atoms with E-state index in [0.717, 1.165) is 11.0 Å². The zero-order chi connectivity index (χ0) is 11.7. The van der Waals surface area contributed by atoms with Crippen LogP contribution in [0.15, 0.2) is 24.5 Å². The minimum absolute atomic E-state index is 1.03. The fourth-order valence-corrected chi connectivity index (χ4v) is 1.05. The molecule has 2 heteroatoms. The molecule has 84 valence electrons. The highest BCUT2D eigenvalue weighted by Crippen LogP contribution is 2.09. The van der Waals surface area contributed by atoms with Crippen LogP contribution < -0.4 is 0 Å². The number of fused-ring (bicyclic) bond motifs is 1. The standard InChI is InChI=1S/C8H8N2.C3H8.C2H6/c1-6-2-3-7-8(4-6)10-5-9-7;1-3-2;1-2/h2-5H,1H3,(H,9,10);3H2,1-2H3;1-2H3. The summed E-state index contributed by atoms with van der Waals surface area (Å²) in [6, 6.07) is 6.16. The molecular weight excluding hydrogens is 184 g/mol. The van der Waals surface area contributed by atoms with Crippen LogP contribution >= 0.6 is 0 Å². The SMILES string of the molecule is CC.CCC.Cc1ccc2nc[nH]c2c1. The Balaban J connectivity index is 0.000000342. The molecule has 0 radical (unpaired) electrons. The summed E-state index contributed by atoms with van der Waals surface area (Å²) >= 11 is 0. The monoisotopic (exact) mass is 206 g/mol. The lowest BCUT2D eigenvalue weighted by molar-refractivity contribution is 1.09. The fraction of sp³-hybridized carbons (Fsp3) is 0.462. The number of aromatic nitrogens is 2. The van der Waals surface area contributed by atoms with Crippen LogP contribution in [0, 0.1) is 6.92 Å². The van der Waals surface area contributed by atoms with Crippen LogP contribution in [0.1, 0.15) is 39.7 Å². The van der Waals surface area contributed by atoms with Gasteiger partial charge in [-0.3, -0.25) is 0 Å². The molecule has 0 aliphatic heterocycles. The highest BCUT2D eigenvalue weighted by Gasteiger charge is 1.92. The van der Waals surface area contributed by atoms with Gasteiger partial charge in [-0.25, -0.2) is 4.98 Å². The molecule has 2 nitrogen and oxygen atoms in total. The molecule has 2 rings (SSSR count). The number of nitrogens with zero attached hydrogens (tertiary/aromatic N) is 1. The van der Waals surface area contributed by atoms with Gasteiger partial charge < -0.3 is 4.98 Å². The second-order valence-electron chi connectivity index (χ2n) is 3.13. The summed E-state index contributed by atoms with van der Waals surface area (Å²) in [6.45, 7) is 10.3. The third kappa shape index (κ3) is 4.63. The number of H-pyrrole nitrogens is 1. The number of nitrogens with one attached hydrogen (secondary N) is 1. The topological polar surface area (TPSA) is 28.7 Å². The van der Waals surface area contributed by atoms with Crippen molar-refractivity contribution in [2.45, 2.75) is 41.0 Å². The summed E-state index contributed by atoms with van der Waals surface area (Å²) in [5, 5.41) is 0. The summed E-state index contributed by atoms with van der Waals surface area (Å²) in [7, 11) is 0. The molecule has 0 saturated carbocycles. The summed E-state index contributed by atoms with van der Waals surface area (Å²) in [5.41, 5.74) is 3.40. The number of hydrogen-bond donors (Lipinski definition) is 1. The molecule has 0 saturated heterocycles. The maximum atomic E-state index is 4.10. The highest BCUT2D eigenvalue weighted by atomic mass is 14.9. The maximum Gasteiger partial charge on any atom is 0.0931 e. The van der Waals surface area contributed by atoms with Crippen LogP contribution in [0.2, 0.25) is 0 Å². The van der Waals surface area contributed by atoms with E-state index in [1.165, 1.54) is 12.0 Å². The van der Waals surface area contributed by atoms with Crippen LogP contribution in [0.4, 0.5) is 0 Å². The Bertz CT molecular complexity index is 363. The first-order valence-electron chi connectivity index (χ1n) is 5.67. The van der Waals surface area contributed by atoms with Crippen LogP contribution in [0.3, 0.4) is 0 Å². The number of rotatable bonds is 0. The van der Waals surface area contributed by atoms with E-state index in [9.17, 15) is 0 Å². The molecule has 1 aromatic heterocycles. The van der Waals surface area contributed by atoms with Crippen LogP contribution in [0.5, 0.6) is 0 Å². The van der Waals surface area contributed by atoms with Crippen molar-refractivity contribution in [2.24, 2.45) is 0 Å². The van der Waals surface area contributed by atoms with E-state index in [-0.39, 0.29) is 0 Å². The average Bonchev–Trinajstić information content (AvgIpc) is 2.69. The first-order chi connectivity index (χ1) is 7.27. The van der Waals surface area contributed by atoms with Crippen molar-refractivity contribution in [3.05, 3.63) is 30.1 Å². The molecule has 0 spiro atoms. The second-order valence-corrected chi connectivity index (χ2v) is 3.13. The van der Waals surface area contributed by atoms with Crippen LogP contribution in [-0.4, -0.2) is 9.97 Å². The van der Waals surface area contributed by atoms with Gasteiger partial charge in [0.2, 0.25) is 0 Å². The molecule has 0 amide bonds. The third-order valence-corrected chi connectivity index (χ3v) is 1.58. The predicted octanol–water partition coefficient (Wildman–Crippen LogP) is 4.31. The van der Waals surface area contributed by atoms with Crippen molar-refractivity contribution in [3.8, 4) is 0 Å². The van der Waals surface area contributed by atoms with Crippen molar-refractivity contribution in [2.75, 3.05) is 0 Å². The van der Waals surface area contributed by atoms with Crippen molar-refractivity contribution >= 4 is 11.0 Å². The molecule has 0 bridgehead atoms. The van der Waals surface area contributed by atoms with Gasteiger partial charge in [0.25, 0.3) is 0 Å². The van der Waals surface area contributed by atoms with E-state index in [2.05, 4.69) is 42.9 Å². The van der Waals surface area contributed by atoms with Crippen molar-refractivity contribution in [1.82, 2.24) is 9.97 Å². The molecular formula is C13H22N2. The highest BCUT2D eigenvalue weighted by molar-refractivity contribution is 5.74. The summed E-state index contributed by atoms with van der Waals surface area (Å²) < 4.78 is 0. The predicted molar refractivity (Wildman–Crippen MR) is 68.1 cm³/mol. The molecule has 2 aromatic rings. The Morgan fingerprint density at radius 3 is 2.40 bits per heavy atom. The number of benzene rings is 1. The molecule has 0 aliphatic rings. The van der Waals surface area contributed by atoms with E-state index < -0.39 is 0 Å². The van der Waals surface area contributed by atoms with E-state index in [1.807, 2.05) is 19.9 Å². The molecule has 0 aliphatic carbocycles. The lowest BCUT2D eigenvalue weighted by atomic mass is 10.2. The lowest BCUT2D eigenvalue weighted by Gasteiger charge is -1.89. The van der Waals surface area contributed by atoms with E-state index in [1.54, 1.807) is 6.33 Å². The molecule has 1 aromatic carbocycles. The number of imidazole rings is 1. The van der Waals surface area contributed by atoms with E-state index in [0.29, 0.717) is 0 Å². The van der Waals surface area contributed by atoms with Gasteiger partial charge in [-0.05, 0) is 24.6 Å². The van der Waals surface area contributed by atoms with E-state index in [4.69, 9.17) is 0 Å². The molecule has 0 unspecified atom stereocenters. The molecule has 1 heterocycles. The molecule has 0 atom stereocenters. The van der Waals surface area contributed by atoms with Gasteiger partial charge in [-0.1, -0.05) is 40.2 Å². The van der Waals surface area contributed by atoms with Crippen LogP contribution in [0.25, 0.3) is 11.0 Å². The average molecular weight is 206 g/mol. The summed E-state index contributed by atoms with van der Waals surface area (Å²) in [5.74, 6) is 0. The van der Waals surface area contributed by atoms with Gasteiger partial charge in [0, 0.05) is 0 Å². The molecule has 0 fully saturated rings. The summed E-state index contributed by atoms with van der Waals surface area (Å²) in [4.78, 5) is 7.15. The van der Waals surface area contributed by atoms with Gasteiger partial charge in [0.1, 0.15) is 0 Å². The maximum absolute atomic E-state index is 4.10. The Hall–Kier alpha value is -1.31. The lowest BCUT2D eigenvalue weighted by Crippen LogP contribution is -1.71. The number of hydrogen-bond acceptors (Lipinski definition) is 1. The van der Waals surface area contributed by atoms with E-state index >= 15 is 0 Å². The smallest absolute Gasteiger partial charge is 0.0931 e. The molecule has 1 N–H and O–H groups in total. The number of aromatic amines is 1. The van der Waals surface area contributed by atoms with Gasteiger partial charge in [0.15, 0.2) is 0 Å². The first-order valence-corrected chi connectivity index (χ1v) is 5.67. The Morgan fingerprint density at radius 2 is 1.80 bits per heavy atom. The summed E-state index contributed by atoms with van der Waals surface area (Å²) in [6.07, 6.45) is 2.96. The Kier molecular flexibility index (Phi) is 7.33. The number of aryl methyl sites for hydroxylation is 1. The molecule has 15 heavy (non-hydrogen) atoms. The quantitative estimate of drug-likeness (QED) is 0.683. The zero-order valence-corrected chi connectivity index (χ0v) is 10.5. The van der Waals surface area contributed by atoms with Gasteiger partial charge in [0.05, 0.1) is 17.4 Å². The van der Waals surface area contributed by atoms with Gasteiger partial charge >= 0.3 is 0 Å². The largest absolute Gasteiger partial charge is 0.345 e. The fourth-order valence-electron chi connectivity index (χ4n) is 1.05. The van der Waals surface area contributed by atoms with Gasteiger partial charge in [-0.15, -0.1) is 0 Å². The second kappa shape index (κ2) is 8.04. The Labute approximate surface area is 92.7 Å².